The summed E-state index contributed by atoms with van der Waals surface area (Å²) in [5.41, 5.74) is 3.60. The molecule has 0 saturated heterocycles. The quantitative estimate of drug-likeness (QED) is 0.439. The third-order valence-corrected chi connectivity index (χ3v) is 5.05. The summed E-state index contributed by atoms with van der Waals surface area (Å²) >= 11 is 6.43. The number of hydrogen-bond donors (Lipinski definition) is 1. The number of aliphatic carboxylic acids is 1. The average molecular weight is 417 g/mol. The number of carbonyl (C=O) groups excluding carboxylic acids is 1. The molecule has 0 amide bonds. The third kappa shape index (κ3) is 3.75. The van der Waals surface area contributed by atoms with Gasteiger partial charge in [0.1, 0.15) is 5.82 Å². The number of carboxylic acid groups (broad SMARTS) is 1. The van der Waals surface area contributed by atoms with E-state index in [2.05, 4.69) is 0 Å². The zero-order valence-electron chi connectivity index (χ0n) is 15.8. The van der Waals surface area contributed by atoms with Crippen molar-refractivity contribution >= 4 is 23.4 Å². The van der Waals surface area contributed by atoms with Gasteiger partial charge in [-0.1, -0.05) is 84.4 Å². The highest BCUT2D eigenvalue weighted by atomic mass is 35.5. The molecule has 1 N–H and O–H groups in total. The van der Waals surface area contributed by atoms with E-state index < -0.39 is 11.8 Å². The van der Waals surface area contributed by atoms with Crippen LogP contribution in [0.25, 0.3) is 33.9 Å². The van der Waals surface area contributed by atoms with Gasteiger partial charge in [-0.05, 0) is 12.1 Å². The van der Waals surface area contributed by atoms with Gasteiger partial charge in [0.05, 0.1) is 23.0 Å². The Hall–Kier alpha value is -3.70. The van der Waals surface area contributed by atoms with E-state index in [1.807, 2.05) is 66.7 Å². The maximum absolute atomic E-state index is 12.2. The van der Waals surface area contributed by atoms with Crippen molar-refractivity contribution in [2.75, 3.05) is 0 Å². The summed E-state index contributed by atoms with van der Waals surface area (Å²) in [6.07, 6.45) is 0. The number of Topliss-reactive ketones (excluding diaryl/α,β-unsaturated/α-hetero) is 1. The molecular weight excluding hydrogens is 400 g/mol. The molecule has 148 valence electrons. The number of benzene rings is 3. The first-order chi connectivity index (χ1) is 14.6. The fourth-order valence-electron chi connectivity index (χ4n) is 3.35. The maximum atomic E-state index is 12.2. The summed E-state index contributed by atoms with van der Waals surface area (Å²) in [5.74, 6) is -1.99. The molecule has 30 heavy (non-hydrogen) atoms. The number of carboxylic acids is 1. The van der Waals surface area contributed by atoms with E-state index in [0.29, 0.717) is 27.8 Å². The highest BCUT2D eigenvalue weighted by Crippen LogP contribution is 2.38. The lowest BCUT2D eigenvalue weighted by atomic mass is 10.0. The van der Waals surface area contributed by atoms with Crippen molar-refractivity contribution in [3.8, 4) is 33.9 Å². The van der Waals surface area contributed by atoms with E-state index in [9.17, 15) is 14.7 Å². The van der Waals surface area contributed by atoms with Crippen LogP contribution in [0.15, 0.2) is 84.9 Å². The van der Waals surface area contributed by atoms with Crippen LogP contribution in [0.2, 0.25) is 5.02 Å². The van der Waals surface area contributed by atoms with E-state index in [1.54, 1.807) is 22.8 Å². The summed E-state index contributed by atoms with van der Waals surface area (Å²) in [7, 11) is 0. The summed E-state index contributed by atoms with van der Waals surface area (Å²) in [6.45, 7) is -0.361. The Balaban J connectivity index is 2.05. The molecule has 0 fully saturated rings. The van der Waals surface area contributed by atoms with Crippen molar-refractivity contribution in [1.82, 2.24) is 9.55 Å². The molecule has 0 saturated carbocycles. The maximum Gasteiger partial charge on any atom is 0.374 e. The van der Waals surface area contributed by atoms with Gasteiger partial charge in [0.25, 0.3) is 5.78 Å². The van der Waals surface area contributed by atoms with Crippen LogP contribution in [0.1, 0.15) is 0 Å². The summed E-state index contributed by atoms with van der Waals surface area (Å²) in [4.78, 5) is 28.4. The second kappa shape index (κ2) is 8.35. The predicted octanol–water partition coefficient (Wildman–Crippen LogP) is 5.19. The molecule has 3 aromatic carbocycles. The highest BCUT2D eigenvalue weighted by molar-refractivity contribution is 6.33. The summed E-state index contributed by atoms with van der Waals surface area (Å²) < 4.78 is 1.63. The Morgan fingerprint density at radius 1 is 0.833 bits per heavy atom. The topological polar surface area (TPSA) is 72.2 Å². The molecule has 0 unspecified atom stereocenters. The molecule has 4 rings (SSSR count). The molecule has 4 aromatic rings. The molecule has 1 aromatic heterocycles. The molecule has 0 atom stereocenters. The lowest BCUT2D eigenvalue weighted by Gasteiger charge is -2.12. The van der Waals surface area contributed by atoms with Gasteiger partial charge in [-0.15, -0.1) is 0 Å². The monoisotopic (exact) mass is 416 g/mol. The Morgan fingerprint density at radius 3 is 2.00 bits per heavy atom. The first-order valence-electron chi connectivity index (χ1n) is 9.28. The van der Waals surface area contributed by atoms with Crippen molar-refractivity contribution in [2.24, 2.45) is 0 Å². The minimum atomic E-state index is -1.49. The number of nitrogens with zero attached hydrogens (tertiary/aromatic N) is 2. The Bertz CT molecular complexity index is 1220. The molecule has 6 heteroatoms. The number of carbonyl (C=O) groups is 2. The van der Waals surface area contributed by atoms with Gasteiger partial charge in [-0.3, -0.25) is 4.79 Å². The van der Waals surface area contributed by atoms with E-state index in [1.165, 1.54) is 0 Å². The van der Waals surface area contributed by atoms with Gasteiger partial charge >= 0.3 is 5.97 Å². The Kier molecular flexibility index (Phi) is 5.46. The van der Waals surface area contributed by atoms with Crippen LogP contribution in [0.4, 0.5) is 0 Å². The molecule has 0 aliphatic carbocycles. The van der Waals surface area contributed by atoms with Gasteiger partial charge in [-0.25, -0.2) is 9.78 Å². The van der Waals surface area contributed by atoms with Gasteiger partial charge in [-0.2, -0.15) is 0 Å². The molecule has 0 aliphatic heterocycles. The van der Waals surface area contributed by atoms with Crippen molar-refractivity contribution in [3.63, 3.8) is 0 Å². The van der Waals surface area contributed by atoms with Gasteiger partial charge in [0, 0.05) is 16.7 Å². The standard InChI is InChI=1S/C24H17ClN2O3/c25-19-14-8-7-13-18(19)23-26-21(16-9-3-1-4-10-16)22(17-11-5-2-6-12-17)27(23)15-20(28)24(29)30/h1-14H,15H2,(H,29,30). The van der Waals surface area contributed by atoms with Crippen LogP contribution in [0.5, 0.6) is 0 Å². The normalized spacial score (nSPS) is 10.7. The van der Waals surface area contributed by atoms with Crippen molar-refractivity contribution < 1.29 is 14.7 Å². The largest absolute Gasteiger partial charge is 0.475 e. The van der Waals surface area contributed by atoms with E-state index in [-0.39, 0.29) is 6.54 Å². The van der Waals surface area contributed by atoms with Gasteiger partial charge in [0.2, 0.25) is 0 Å². The fraction of sp³-hybridized carbons (Fsp3) is 0.0417. The van der Waals surface area contributed by atoms with Crippen molar-refractivity contribution in [2.45, 2.75) is 6.54 Å². The predicted molar refractivity (Wildman–Crippen MR) is 116 cm³/mol. The zero-order valence-corrected chi connectivity index (χ0v) is 16.6. The molecule has 0 radical (unpaired) electrons. The number of rotatable bonds is 6. The lowest BCUT2D eigenvalue weighted by molar-refractivity contribution is -0.149. The number of aromatic nitrogens is 2. The second-order valence-corrected chi connectivity index (χ2v) is 7.07. The van der Waals surface area contributed by atoms with E-state index in [4.69, 9.17) is 16.6 Å². The first-order valence-corrected chi connectivity index (χ1v) is 9.66. The van der Waals surface area contributed by atoms with Crippen LogP contribution in [-0.4, -0.2) is 26.4 Å². The fourth-order valence-corrected chi connectivity index (χ4v) is 3.57. The molecular formula is C24H17ClN2O3. The van der Waals surface area contributed by atoms with Crippen LogP contribution in [0, 0.1) is 0 Å². The number of halogens is 1. The average Bonchev–Trinajstić information content (AvgIpc) is 3.14. The Morgan fingerprint density at radius 2 is 1.40 bits per heavy atom. The van der Waals surface area contributed by atoms with Gasteiger partial charge in [0.15, 0.2) is 0 Å². The minimum Gasteiger partial charge on any atom is -0.475 e. The molecule has 1 heterocycles. The third-order valence-electron chi connectivity index (χ3n) is 4.72. The second-order valence-electron chi connectivity index (χ2n) is 6.66. The van der Waals surface area contributed by atoms with Crippen LogP contribution >= 0.6 is 11.6 Å². The number of imidazole rings is 1. The van der Waals surface area contributed by atoms with E-state index >= 15 is 0 Å². The summed E-state index contributed by atoms with van der Waals surface area (Å²) in [5, 5.41) is 9.70. The number of ketones is 1. The smallest absolute Gasteiger partial charge is 0.374 e. The lowest BCUT2D eigenvalue weighted by Crippen LogP contribution is -2.20. The van der Waals surface area contributed by atoms with Crippen molar-refractivity contribution in [1.29, 1.82) is 0 Å². The first kappa shape index (κ1) is 19.6. The molecule has 0 aliphatic rings. The zero-order chi connectivity index (χ0) is 21.1. The summed E-state index contributed by atoms with van der Waals surface area (Å²) in [6, 6.07) is 26.2. The van der Waals surface area contributed by atoms with Crippen LogP contribution in [0.3, 0.4) is 0 Å². The molecule has 0 spiro atoms. The SMILES string of the molecule is O=C(O)C(=O)Cn1c(-c2ccccc2Cl)nc(-c2ccccc2)c1-c1ccccc1. The Labute approximate surface area is 178 Å². The molecule has 0 bridgehead atoms. The minimum absolute atomic E-state index is 0.361. The van der Waals surface area contributed by atoms with Crippen LogP contribution in [-0.2, 0) is 16.1 Å². The highest BCUT2D eigenvalue weighted by Gasteiger charge is 2.25. The molecule has 5 nitrogen and oxygen atoms in total. The van der Waals surface area contributed by atoms with Crippen LogP contribution < -0.4 is 0 Å². The van der Waals surface area contributed by atoms with Crippen molar-refractivity contribution in [3.05, 3.63) is 90.0 Å². The van der Waals surface area contributed by atoms with E-state index in [0.717, 1.165) is 11.1 Å². The number of hydrogen-bond acceptors (Lipinski definition) is 3. The van der Waals surface area contributed by atoms with Gasteiger partial charge < -0.3 is 9.67 Å².